The Morgan fingerprint density at radius 2 is 0.897 bits per heavy atom. The first-order valence-electron chi connectivity index (χ1n) is 9.71. The molecule has 29 heavy (non-hydrogen) atoms. The average Bonchev–Trinajstić information content (AvgIpc) is 2.80. The molecule has 142 valence electrons. The average molecular weight is 458 g/mol. The Kier molecular flexibility index (Phi) is 6.21. The standard InChI is InChI=1S/C26H22OSeSi/c28-26(27-22-13-5-1-6-14-22)21-29(23-15-7-2-8-16-23,24-17-9-3-10-18-24)25-19-11-4-12-20-25/h1-20H,21H2. The Morgan fingerprint density at radius 1 is 0.552 bits per heavy atom. The van der Waals surface area contributed by atoms with Crippen molar-refractivity contribution in [2.75, 3.05) is 0 Å². The zero-order valence-corrected chi connectivity index (χ0v) is 18.8. The molecular weight excluding hydrogens is 435 g/mol. The van der Waals surface area contributed by atoms with Crippen molar-refractivity contribution >= 4 is 43.8 Å². The van der Waals surface area contributed by atoms with Gasteiger partial charge in [-0.1, -0.05) is 0 Å². The molecule has 4 aromatic carbocycles. The van der Waals surface area contributed by atoms with Crippen LogP contribution in [0.3, 0.4) is 0 Å². The quantitative estimate of drug-likeness (QED) is 0.305. The van der Waals surface area contributed by atoms with Crippen LogP contribution in [0.5, 0.6) is 5.75 Å². The number of ether oxygens (including phenoxy) is 1. The van der Waals surface area contributed by atoms with Gasteiger partial charge in [0, 0.05) is 0 Å². The van der Waals surface area contributed by atoms with E-state index in [0.717, 1.165) is 16.4 Å². The number of para-hydroxylation sites is 1. The number of rotatable bonds is 7. The van der Waals surface area contributed by atoms with Gasteiger partial charge in [-0.25, -0.2) is 0 Å². The van der Waals surface area contributed by atoms with E-state index >= 15 is 0 Å². The normalized spacial score (nSPS) is 11.0. The number of benzene rings is 4. The Bertz CT molecular complexity index is 954. The van der Waals surface area contributed by atoms with Crippen LogP contribution in [0.1, 0.15) is 0 Å². The molecule has 0 unspecified atom stereocenters. The predicted molar refractivity (Wildman–Crippen MR) is 127 cm³/mol. The summed E-state index contributed by atoms with van der Waals surface area (Å²) in [6, 6.07) is 43.5. The molecule has 1 nitrogen and oxygen atoms in total. The molecule has 0 amide bonds. The SMILES string of the molecule is [Se]=C(C[Si](c1ccccc1)(c1ccccc1)c1ccccc1)Oc1ccccc1. The summed E-state index contributed by atoms with van der Waals surface area (Å²) in [6.07, 6.45) is 0. The summed E-state index contributed by atoms with van der Waals surface area (Å²) in [6.45, 7) is 0. The molecule has 0 radical (unpaired) electrons. The third-order valence-corrected chi connectivity index (χ3v) is 11.0. The van der Waals surface area contributed by atoms with Gasteiger partial charge in [-0.05, 0) is 0 Å². The molecule has 0 spiro atoms. The molecule has 0 aromatic heterocycles. The van der Waals surface area contributed by atoms with Gasteiger partial charge in [0.15, 0.2) is 0 Å². The van der Waals surface area contributed by atoms with E-state index in [4.69, 9.17) is 4.74 Å². The van der Waals surface area contributed by atoms with Crippen molar-refractivity contribution in [1.29, 1.82) is 0 Å². The van der Waals surface area contributed by atoms with Gasteiger partial charge in [0.25, 0.3) is 0 Å². The molecule has 0 heterocycles. The monoisotopic (exact) mass is 458 g/mol. The third-order valence-electron chi connectivity index (χ3n) is 5.18. The molecule has 0 N–H and O–H groups in total. The molecule has 0 atom stereocenters. The van der Waals surface area contributed by atoms with Gasteiger partial charge >= 0.3 is 182 Å². The van der Waals surface area contributed by atoms with Gasteiger partial charge in [0.2, 0.25) is 0 Å². The second-order valence-corrected chi connectivity index (χ2v) is 11.8. The molecule has 0 aliphatic carbocycles. The number of hydrogen-bond acceptors (Lipinski definition) is 1. The zero-order valence-electron chi connectivity index (χ0n) is 16.1. The van der Waals surface area contributed by atoms with Crippen LogP contribution in [0.2, 0.25) is 6.04 Å². The van der Waals surface area contributed by atoms with Crippen LogP contribution < -0.4 is 20.3 Å². The van der Waals surface area contributed by atoms with Crippen LogP contribution >= 0.6 is 0 Å². The topological polar surface area (TPSA) is 9.23 Å². The molecule has 0 saturated heterocycles. The van der Waals surface area contributed by atoms with E-state index in [2.05, 4.69) is 107 Å². The summed E-state index contributed by atoms with van der Waals surface area (Å²) in [5.74, 6) is 0.860. The van der Waals surface area contributed by atoms with Crippen LogP contribution in [0, 0.1) is 0 Å². The van der Waals surface area contributed by atoms with Crippen molar-refractivity contribution in [2.45, 2.75) is 6.04 Å². The minimum atomic E-state index is -2.33. The Labute approximate surface area is 181 Å². The minimum absolute atomic E-state index is 0.833. The van der Waals surface area contributed by atoms with Crippen molar-refractivity contribution in [1.82, 2.24) is 0 Å². The van der Waals surface area contributed by atoms with Gasteiger partial charge in [-0.2, -0.15) is 0 Å². The summed E-state index contributed by atoms with van der Waals surface area (Å²) in [5.41, 5.74) is 0. The summed E-state index contributed by atoms with van der Waals surface area (Å²) < 4.78 is 7.15. The Hall–Kier alpha value is -2.71. The van der Waals surface area contributed by atoms with Crippen LogP contribution in [-0.4, -0.2) is 28.3 Å². The van der Waals surface area contributed by atoms with Gasteiger partial charge in [-0.3, -0.25) is 0 Å². The van der Waals surface area contributed by atoms with Gasteiger partial charge in [-0.15, -0.1) is 0 Å². The summed E-state index contributed by atoms with van der Waals surface area (Å²) >= 11 is 3.22. The van der Waals surface area contributed by atoms with Crippen molar-refractivity contribution in [3.05, 3.63) is 121 Å². The van der Waals surface area contributed by atoms with E-state index in [1.807, 2.05) is 30.3 Å². The second-order valence-electron chi connectivity index (χ2n) is 6.97. The van der Waals surface area contributed by atoms with Crippen molar-refractivity contribution in [3.8, 4) is 5.75 Å². The van der Waals surface area contributed by atoms with Gasteiger partial charge < -0.3 is 0 Å². The molecule has 0 bridgehead atoms. The van der Waals surface area contributed by atoms with Crippen LogP contribution in [-0.2, 0) is 0 Å². The molecular formula is C26H22OSeSi. The number of hydrogen-bond donors (Lipinski definition) is 0. The Balaban J connectivity index is 1.85. The van der Waals surface area contributed by atoms with E-state index in [1.54, 1.807) is 0 Å². The van der Waals surface area contributed by atoms with E-state index < -0.39 is 8.07 Å². The molecule has 4 aromatic rings. The van der Waals surface area contributed by atoms with E-state index in [1.165, 1.54) is 15.6 Å². The summed E-state index contributed by atoms with van der Waals surface area (Å²) in [7, 11) is -2.33. The molecule has 4 rings (SSSR count). The van der Waals surface area contributed by atoms with Crippen molar-refractivity contribution < 1.29 is 4.74 Å². The van der Waals surface area contributed by atoms with Crippen LogP contribution in [0.4, 0.5) is 0 Å². The summed E-state index contributed by atoms with van der Waals surface area (Å²) in [4.78, 5) is 0. The molecule has 0 saturated carbocycles. The molecule has 3 heteroatoms. The van der Waals surface area contributed by atoms with Crippen molar-refractivity contribution in [2.24, 2.45) is 0 Å². The van der Waals surface area contributed by atoms with Gasteiger partial charge in [0.05, 0.1) is 0 Å². The fourth-order valence-electron chi connectivity index (χ4n) is 3.85. The van der Waals surface area contributed by atoms with E-state index in [-0.39, 0.29) is 0 Å². The predicted octanol–water partition coefficient (Wildman–Crippen LogP) is 3.53. The van der Waals surface area contributed by atoms with Crippen LogP contribution in [0.15, 0.2) is 121 Å². The zero-order chi connectivity index (χ0) is 19.9. The van der Waals surface area contributed by atoms with E-state index in [9.17, 15) is 0 Å². The maximum atomic E-state index is 6.23. The van der Waals surface area contributed by atoms with Crippen molar-refractivity contribution in [3.63, 3.8) is 0 Å². The second kappa shape index (κ2) is 9.19. The fraction of sp³-hybridized carbons (Fsp3) is 0.0385. The first-order chi connectivity index (χ1) is 14.3. The first-order valence-corrected chi connectivity index (χ1v) is 12.8. The summed E-state index contributed by atoms with van der Waals surface area (Å²) in [5, 5.41) is 4.13. The molecule has 0 aliphatic rings. The van der Waals surface area contributed by atoms with Crippen LogP contribution in [0.25, 0.3) is 0 Å². The Morgan fingerprint density at radius 3 is 1.28 bits per heavy atom. The van der Waals surface area contributed by atoms with E-state index in [0.29, 0.717) is 0 Å². The van der Waals surface area contributed by atoms with Gasteiger partial charge in [0.1, 0.15) is 0 Å². The first kappa shape index (κ1) is 19.6. The third kappa shape index (κ3) is 4.33. The molecule has 0 aliphatic heterocycles. The molecule has 0 fully saturated rings. The fourth-order valence-corrected chi connectivity index (χ4v) is 9.81. The maximum absolute atomic E-state index is 6.23.